The average Bonchev–Trinajstić information content (AvgIpc) is 2.67. The van der Waals surface area contributed by atoms with Crippen LogP contribution in [0.25, 0.3) is 0 Å². The first-order chi connectivity index (χ1) is 13.2. The number of rotatable bonds is 7. The van der Waals surface area contributed by atoms with Gasteiger partial charge in [0.25, 0.3) is 0 Å². The van der Waals surface area contributed by atoms with Crippen LogP contribution in [0.2, 0.25) is 0 Å². The van der Waals surface area contributed by atoms with Crippen molar-refractivity contribution in [2.75, 3.05) is 32.6 Å². The monoisotopic (exact) mass is 416 g/mol. The number of benzene rings is 2. The minimum atomic E-state index is -4.82. The third kappa shape index (κ3) is 6.15. The van der Waals surface area contributed by atoms with E-state index in [-0.39, 0.29) is 23.7 Å². The summed E-state index contributed by atoms with van der Waals surface area (Å²) >= 11 is 0. The second-order valence-electron chi connectivity index (χ2n) is 5.61. The van der Waals surface area contributed by atoms with Crippen LogP contribution in [-0.2, 0) is 10.8 Å². The highest BCUT2D eigenvalue weighted by atomic mass is 32.2. The van der Waals surface area contributed by atoms with E-state index in [4.69, 9.17) is 9.47 Å². The predicted octanol–water partition coefficient (Wildman–Crippen LogP) is 3.87. The third-order valence-electron chi connectivity index (χ3n) is 3.63. The van der Waals surface area contributed by atoms with Crippen LogP contribution in [0.1, 0.15) is 0 Å². The second kappa shape index (κ2) is 9.45. The average molecular weight is 416 g/mol. The van der Waals surface area contributed by atoms with E-state index in [1.54, 1.807) is 38.4 Å². The summed E-state index contributed by atoms with van der Waals surface area (Å²) in [4.78, 5) is 13.1. The highest BCUT2D eigenvalue weighted by Crippen LogP contribution is 2.27. The van der Waals surface area contributed by atoms with Gasteiger partial charge >= 0.3 is 11.5 Å². The maximum Gasteiger partial charge on any atom is 0.475 e. The number of halogens is 3. The lowest BCUT2D eigenvalue weighted by Crippen LogP contribution is -2.34. The Balaban J connectivity index is 1.82. The van der Waals surface area contributed by atoms with E-state index in [9.17, 15) is 22.2 Å². The van der Waals surface area contributed by atoms with Crippen molar-refractivity contribution < 1.29 is 31.6 Å². The van der Waals surface area contributed by atoms with Crippen LogP contribution in [-0.4, -0.2) is 48.0 Å². The van der Waals surface area contributed by atoms with Crippen LogP contribution in [0, 0.1) is 0 Å². The van der Waals surface area contributed by atoms with Crippen LogP contribution in [0.15, 0.2) is 53.4 Å². The minimum absolute atomic E-state index is 0.250. The van der Waals surface area contributed by atoms with E-state index >= 15 is 0 Å². The Morgan fingerprint density at radius 2 is 1.64 bits per heavy atom. The standard InChI is InChI=1S/C18H19F3N2O4S/c1-23(11-12-27-15-7-5-14(26-2)6-8-15)17(24)22-13-3-9-16(10-4-13)28(25)18(19,20)21/h3-10H,11-12H2,1-2H3,(H,22,24). The summed E-state index contributed by atoms with van der Waals surface area (Å²) < 4.78 is 59.1. The van der Waals surface area contributed by atoms with Crippen molar-refractivity contribution in [3.05, 3.63) is 48.5 Å². The van der Waals surface area contributed by atoms with Gasteiger partial charge in [0, 0.05) is 17.6 Å². The fourth-order valence-corrected chi connectivity index (χ4v) is 2.74. The van der Waals surface area contributed by atoms with Gasteiger partial charge in [0.1, 0.15) is 18.1 Å². The molecule has 28 heavy (non-hydrogen) atoms. The van der Waals surface area contributed by atoms with Gasteiger partial charge in [-0.25, -0.2) is 9.00 Å². The smallest absolute Gasteiger partial charge is 0.475 e. The van der Waals surface area contributed by atoms with E-state index in [0.29, 0.717) is 11.5 Å². The molecule has 152 valence electrons. The first-order valence-corrected chi connectivity index (χ1v) is 9.23. The van der Waals surface area contributed by atoms with Crippen LogP contribution in [0.5, 0.6) is 11.5 Å². The molecule has 0 spiro atoms. The number of ether oxygens (including phenoxy) is 2. The highest BCUT2D eigenvalue weighted by Gasteiger charge is 2.37. The number of likely N-dealkylation sites (N-methyl/N-ethyl adjacent to an activating group) is 1. The Morgan fingerprint density at radius 1 is 1.07 bits per heavy atom. The molecule has 0 aromatic heterocycles. The third-order valence-corrected chi connectivity index (χ3v) is 4.75. The van der Waals surface area contributed by atoms with Gasteiger partial charge < -0.3 is 19.7 Å². The number of hydrogen-bond acceptors (Lipinski definition) is 4. The van der Waals surface area contributed by atoms with E-state index < -0.39 is 22.3 Å². The number of carbonyl (C=O) groups is 1. The van der Waals surface area contributed by atoms with Gasteiger partial charge in [-0.15, -0.1) is 0 Å². The summed E-state index contributed by atoms with van der Waals surface area (Å²) in [7, 11) is 0.0148. The van der Waals surface area contributed by atoms with Crippen LogP contribution in [0.4, 0.5) is 23.7 Å². The zero-order valence-corrected chi connectivity index (χ0v) is 16.0. The van der Waals surface area contributed by atoms with Crippen molar-refractivity contribution in [1.29, 1.82) is 0 Å². The Kier molecular flexibility index (Phi) is 7.27. The molecule has 0 heterocycles. The molecular formula is C18H19F3N2O4S. The Labute approximate surface area is 162 Å². The van der Waals surface area contributed by atoms with Crippen LogP contribution < -0.4 is 14.8 Å². The molecule has 0 bridgehead atoms. The number of methoxy groups -OCH3 is 1. The molecule has 6 nitrogen and oxygen atoms in total. The summed E-state index contributed by atoms with van der Waals surface area (Å²) in [5.74, 6) is 1.33. The topological polar surface area (TPSA) is 67.9 Å². The Bertz CT molecular complexity index is 811. The van der Waals surface area contributed by atoms with E-state index in [1.165, 1.54) is 17.0 Å². The lowest BCUT2D eigenvalue weighted by atomic mass is 10.3. The van der Waals surface area contributed by atoms with E-state index in [2.05, 4.69) is 5.32 Å². The molecule has 10 heteroatoms. The SMILES string of the molecule is COc1ccc(OCCN(C)C(=O)Nc2ccc(S(=O)C(F)(F)F)cc2)cc1. The molecule has 1 unspecified atom stereocenters. The van der Waals surface area contributed by atoms with Gasteiger partial charge in [-0.3, -0.25) is 0 Å². The highest BCUT2D eigenvalue weighted by molar-refractivity contribution is 7.86. The molecular weight excluding hydrogens is 397 g/mol. The van der Waals surface area contributed by atoms with Gasteiger partial charge in [-0.05, 0) is 48.5 Å². The van der Waals surface area contributed by atoms with Gasteiger partial charge in [-0.1, -0.05) is 0 Å². The van der Waals surface area contributed by atoms with Gasteiger partial charge in [0.15, 0.2) is 10.8 Å². The number of urea groups is 1. The summed E-state index contributed by atoms with van der Waals surface area (Å²) in [5.41, 5.74) is -4.54. The fourth-order valence-electron chi connectivity index (χ4n) is 2.09. The number of carbonyl (C=O) groups excluding carboxylic acids is 1. The number of nitrogens with zero attached hydrogens (tertiary/aromatic N) is 1. The molecule has 1 atom stereocenters. The predicted molar refractivity (Wildman–Crippen MR) is 99.0 cm³/mol. The first-order valence-electron chi connectivity index (χ1n) is 8.08. The molecule has 0 fully saturated rings. The number of nitrogens with one attached hydrogen (secondary N) is 1. The molecule has 0 aliphatic carbocycles. The number of hydrogen-bond donors (Lipinski definition) is 1. The number of anilines is 1. The van der Waals surface area contributed by atoms with Crippen molar-refractivity contribution in [3.8, 4) is 11.5 Å². The zero-order chi connectivity index (χ0) is 20.7. The zero-order valence-electron chi connectivity index (χ0n) is 15.2. The van der Waals surface area contributed by atoms with Crippen molar-refractivity contribution in [2.24, 2.45) is 0 Å². The van der Waals surface area contributed by atoms with Crippen LogP contribution >= 0.6 is 0 Å². The molecule has 2 aromatic carbocycles. The first kappa shape index (κ1) is 21.5. The minimum Gasteiger partial charge on any atom is -0.497 e. The lowest BCUT2D eigenvalue weighted by molar-refractivity contribution is -0.0384. The molecule has 0 saturated carbocycles. The normalized spacial score (nSPS) is 12.2. The second-order valence-corrected chi connectivity index (χ2v) is 7.09. The Hall–Kier alpha value is -2.75. The van der Waals surface area contributed by atoms with E-state index in [0.717, 1.165) is 12.1 Å². The van der Waals surface area contributed by atoms with Crippen molar-refractivity contribution >= 4 is 22.5 Å². The number of amides is 2. The number of alkyl halides is 3. The largest absolute Gasteiger partial charge is 0.497 e. The molecule has 0 aliphatic heterocycles. The van der Waals surface area contributed by atoms with E-state index in [1.807, 2.05) is 0 Å². The van der Waals surface area contributed by atoms with Crippen molar-refractivity contribution in [1.82, 2.24) is 4.90 Å². The molecule has 2 amide bonds. The molecule has 0 radical (unpaired) electrons. The lowest BCUT2D eigenvalue weighted by Gasteiger charge is -2.18. The van der Waals surface area contributed by atoms with Gasteiger partial charge in [0.05, 0.1) is 13.7 Å². The van der Waals surface area contributed by atoms with Crippen molar-refractivity contribution in [3.63, 3.8) is 0 Å². The summed E-state index contributed by atoms with van der Waals surface area (Å²) in [6, 6.07) is 11.2. The fraction of sp³-hybridized carbons (Fsp3) is 0.278. The summed E-state index contributed by atoms with van der Waals surface area (Å²) in [5, 5.41) is 2.55. The summed E-state index contributed by atoms with van der Waals surface area (Å²) in [6.07, 6.45) is 0. The molecule has 0 saturated heterocycles. The van der Waals surface area contributed by atoms with Gasteiger partial charge in [-0.2, -0.15) is 13.2 Å². The molecule has 2 aromatic rings. The Morgan fingerprint density at radius 3 is 2.18 bits per heavy atom. The molecule has 1 N–H and O–H groups in total. The maximum absolute atomic E-state index is 12.4. The quantitative estimate of drug-likeness (QED) is 0.744. The van der Waals surface area contributed by atoms with Crippen LogP contribution in [0.3, 0.4) is 0 Å². The maximum atomic E-state index is 12.4. The molecule has 2 rings (SSSR count). The van der Waals surface area contributed by atoms with Crippen molar-refractivity contribution in [2.45, 2.75) is 10.4 Å². The molecule has 0 aliphatic rings. The van der Waals surface area contributed by atoms with Gasteiger partial charge in [0.2, 0.25) is 0 Å². The summed E-state index contributed by atoms with van der Waals surface area (Å²) in [6.45, 7) is 0.536.